The Kier molecular flexibility index (Phi) is 1.77. The number of nitrogens with one attached hydrogen (secondary N) is 1. The number of aromatic nitrogens is 1. The SMILES string of the molecule is NC(=O)C1CNc2cccnc2O1. The maximum Gasteiger partial charge on any atom is 0.260 e. The number of ether oxygens (including phenoxy) is 1. The summed E-state index contributed by atoms with van der Waals surface area (Å²) in [6.07, 6.45) is 0.978. The van der Waals surface area contributed by atoms with Crippen molar-refractivity contribution in [2.75, 3.05) is 11.9 Å². The molecule has 1 aromatic heterocycles. The third-order valence-electron chi connectivity index (χ3n) is 1.82. The second-order valence-corrected chi connectivity index (χ2v) is 2.75. The first kappa shape index (κ1) is 7.85. The number of carbonyl (C=O) groups excluding carboxylic acids is 1. The van der Waals surface area contributed by atoms with Crippen LogP contribution < -0.4 is 15.8 Å². The van der Waals surface area contributed by atoms with Crippen LogP contribution in [0.25, 0.3) is 0 Å². The van der Waals surface area contributed by atoms with Crippen LogP contribution in [0.2, 0.25) is 0 Å². The largest absolute Gasteiger partial charge is 0.461 e. The molecule has 1 unspecified atom stereocenters. The lowest BCUT2D eigenvalue weighted by molar-refractivity contribution is -0.124. The topological polar surface area (TPSA) is 77.2 Å². The third-order valence-corrected chi connectivity index (χ3v) is 1.82. The van der Waals surface area contributed by atoms with E-state index in [9.17, 15) is 4.79 Å². The molecule has 1 aliphatic heterocycles. The van der Waals surface area contributed by atoms with E-state index in [0.717, 1.165) is 5.69 Å². The Balaban J connectivity index is 2.24. The summed E-state index contributed by atoms with van der Waals surface area (Å²) >= 11 is 0. The molecule has 0 saturated carbocycles. The van der Waals surface area contributed by atoms with Crippen molar-refractivity contribution in [1.82, 2.24) is 4.98 Å². The van der Waals surface area contributed by atoms with Gasteiger partial charge < -0.3 is 15.8 Å². The van der Waals surface area contributed by atoms with Gasteiger partial charge in [-0.15, -0.1) is 0 Å². The lowest BCUT2D eigenvalue weighted by Gasteiger charge is -2.23. The van der Waals surface area contributed by atoms with Gasteiger partial charge in [0, 0.05) is 6.20 Å². The van der Waals surface area contributed by atoms with E-state index >= 15 is 0 Å². The molecule has 0 fully saturated rings. The van der Waals surface area contributed by atoms with Crippen LogP contribution in [0, 0.1) is 0 Å². The summed E-state index contributed by atoms with van der Waals surface area (Å²) in [5, 5.41) is 3.01. The highest BCUT2D eigenvalue weighted by atomic mass is 16.5. The summed E-state index contributed by atoms with van der Waals surface area (Å²) in [7, 11) is 0. The van der Waals surface area contributed by atoms with E-state index in [0.29, 0.717) is 12.4 Å². The molecular formula is C8H9N3O2. The summed E-state index contributed by atoms with van der Waals surface area (Å²) in [6.45, 7) is 0.397. The van der Waals surface area contributed by atoms with Gasteiger partial charge in [-0.3, -0.25) is 4.79 Å². The fourth-order valence-electron chi connectivity index (χ4n) is 1.16. The van der Waals surface area contributed by atoms with E-state index in [1.54, 1.807) is 12.3 Å². The van der Waals surface area contributed by atoms with Crippen molar-refractivity contribution in [3.8, 4) is 5.88 Å². The molecule has 1 aromatic rings. The first-order valence-corrected chi connectivity index (χ1v) is 3.92. The van der Waals surface area contributed by atoms with Crippen molar-refractivity contribution < 1.29 is 9.53 Å². The predicted molar refractivity (Wildman–Crippen MR) is 46.3 cm³/mol. The lowest BCUT2D eigenvalue weighted by atomic mass is 10.2. The maximum atomic E-state index is 10.8. The molecule has 0 saturated heterocycles. The summed E-state index contributed by atoms with van der Waals surface area (Å²) in [6, 6.07) is 3.62. The Morgan fingerprint density at radius 1 is 1.77 bits per heavy atom. The summed E-state index contributed by atoms with van der Waals surface area (Å²) in [5.74, 6) is -0.0543. The molecular weight excluding hydrogens is 170 g/mol. The quantitative estimate of drug-likeness (QED) is 0.622. The lowest BCUT2D eigenvalue weighted by Crippen LogP contribution is -2.42. The highest BCUT2D eigenvalue weighted by Gasteiger charge is 2.23. The van der Waals surface area contributed by atoms with Gasteiger partial charge in [-0.1, -0.05) is 0 Å². The second-order valence-electron chi connectivity index (χ2n) is 2.75. The minimum atomic E-state index is -0.623. The van der Waals surface area contributed by atoms with Crippen LogP contribution >= 0.6 is 0 Å². The molecule has 0 aliphatic carbocycles. The number of nitrogens with zero attached hydrogens (tertiary/aromatic N) is 1. The summed E-state index contributed by atoms with van der Waals surface area (Å²) in [4.78, 5) is 14.8. The first-order valence-electron chi connectivity index (χ1n) is 3.92. The van der Waals surface area contributed by atoms with Gasteiger partial charge in [-0.25, -0.2) is 4.98 Å². The van der Waals surface area contributed by atoms with Crippen LogP contribution in [0.5, 0.6) is 5.88 Å². The van der Waals surface area contributed by atoms with Crippen LogP contribution in [-0.4, -0.2) is 23.5 Å². The minimum Gasteiger partial charge on any atom is -0.461 e. The number of hydrogen-bond acceptors (Lipinski definition) is 4. The molecule has 0 spiro atoms. The monoisotopic (exact) mass is 179 g/mol. The molecule has 13 heavy (non-hydrogen) atoms. The van der Waals surface area contributed by atoms with Crippen LogP contribution in [0.1, 0.15) is 0 Å². The highest BCUT2D eigenvalue weighted by Crippen LogP contribution is 2.24. The van der Waals surface area contributed by atoms with Crippen molar-refractivity contribution in [2.45, 2.75) is 6.10 Å². The Morgan fingerprint density at radius 2 is 2.62 bits per heavy atom. The van der Waals surface area contributed by atoms with Crippen molar-refractivity contribution in [3.05, 3.63) is 18.3 Å². The Labute approximate surface area is 74.9 Å². The summed E-state index contributed by atoms with van der Waals surface area (Å²) < 4.78 is 5.25. The van der Waals surface area contributed by atoms with Gasteiger partial charge in [0.25, 0.3) is 5.91 Å². The van der Waals surface area contributed by atoms with Gasteiger partial charge >= 0.3 is 0 Å². The van der Waals surface area contributed by atoms with E-state index in [1.165, 1.54) is 0 Å². The molecule has 5 nitrogen and oxygen atoms in total. The zero-order valence-corrected chi connectivity index (χ0v) is 6.86. The second kappa shape index (κ2) is 2.93. The number of fused-ring (bicyclic) bond motifs is 1. The van der Waals surface area contributed by atoms with Crippen LogP contribution in [-0.2, 0) is 4.79 Å². The van der Waals surface area contributed by atoms with E-state index in [2.05, 4.69) is 10.3 Å². The van der Waals surface area contributed by atoms with Gasteiger partial charge in [-0.2, -0.15) is 0 Å². The Hall–Kier alpha value is -1.78. The van der Waals surface area contributed by atoms with Gasteiger partial charge in [0.1, 0.15) is 0 Å². The van der Waals surface area contributed by atoms with Crippen molar-refractivity contribution in [1.29, 1.82) is 0 Å². The number of primary amides is 1. The van der Waals surface area contributed by atoms with Gasteiger partial charge in [0.05, 0.1) is 12.2 Å². The number of hydrogen-bond donors (Lipinski definition) is 2. The van der Waals surface area contributed by atoms with E-state index < -0.39 is 12.0 Å². The number of rotatable bonds is 1. The van der Waals surface area contributed by atoms with Crippen molar-refractivity contribution >= 4 is 11.6 Å². The number of amides is 1. The number of nitrogens with two attached hydrogens (primary N) is 1. The Bertz CT molecular complexity index is 340. The smallest absolute Gasteiger partial charge is 0.260 e. The van der Waals surface area contributed by atoms with Crippen LogP contribution in [0.3, 0.4) is 0 Å². The standard InChI is InChI=1S/C8H9N3O2/c9-7(12)6-4-11-5-2-1-3-10-8(5)13-6/h1-3,6,11H,4H2,(H2,9,12). The van der Waals surface area contributed by atoms with Gasteiger partial charge in [0.2, 0.25) is 5.88 Å². The molecule has 5 heteroatoms. The number of anilines is 1. The van der Waals surface area contributed by atoms with E-state index in [4.69, 9.17) is 10.5 Å². The van der Waals surface area contributed by atoms with Crippen LogP contribution in [0.4, 0.5) is 5.69 Å². The van der Waals surface area contributed by atoms with Gasteiger partial charge in [-0.05, 0) is 12.1 Å². The first-order chi connectivity index (χ1) is 6.27. The molecule has 68 valence electrons. The number of pyridine rings is 1. The molecule has 0 radical (unpaired) electrons. The fraction of sp³-hybridized carbons (Fsp3) is 0.250. The van der Waals surface area contributed by atoms with Crippen molar-refractivity contribution in [3.63, 3.8) is 0 Å². The normalized spacial score (nSPS) is 19.5. The summed E-state index contributed by atoms with van der Waals surface area (Å²) in [5.41, 5.74) is 5.88. The van der Waals surface area contributed by atoms with E-state index in [1.807, 2.05) is 6.07 Å². The molecule has 2 rings (SSSR count). The average Bonchev–Trinajstić information content (AvgIpc) is 2.17. The molecule has 0 aromatic carbocycles. The van der Waals surface area contributed by atoms with Crippen LogP contribution in [0.15, 0.2) is 18.3 Å². The van der Waals surface area contributed by atoms with Crippen molar-refractivity contribution in [2.24, 2.45) is 5.73 Å². The molecule has 2 heterocycles. The average molecular weight is 179 g/mol. The molecule has 0 bridgehead atoms. The minimum absolute atomic E-state index is 0.397. The highest BCUT2D eigenvalue weighted by molar-refractivity contribution is 5.81. The molecule has 3 N–H and O–H groups in total. The maximum absolute atomic E-state index is 10.8. The predicted octanol–water partition coefficient (Wildman–Crippen LogP) is -0.260. The van der Waals surface area contributed by atoms with E-state index in [-0.39, 0.29) is 0 Å². The zero-order chi connectivity index (χ0) is 9.26. The molecule has 1 atom stereocenters. The number of carbonyl (C=O) groups is 1. The molecule has 1 amide bonds. The van der Waals surface area contributed by atoms with Gasteiger partial charge in [0.15, 0.2) is 6.10 Å². The third kappa shape index (κ3) is 1.40. The zero-order valence-electron chi connectivity index (χ0n) is 6.86. The fourth-order valence-corrected chi connectivity index (χ4v) is 1.16. The Morgan fingerprint density at radius 3 is 3.38 bits per heavy atom. The molecule has 1 aliphatic rings.